The van der Waals surface area contributed by atoms with E-state index < -0.39 is 5.54 Å². The van der Waals surface area contributed by atoms with Crippen molar-refractivity contribution in [1.29, 1.82) is 10.5 Å². The van der Waals surface area contributed by atoms with Crippen molar-refractivity contribution in [2.24, 2.45) is 10.7 Å². The zero-order chi connectivity index (χ0) is 21.1. The Kier molecular flexibility index (Phi) is 5.18. The lowest BCUT2D eigenvalue weighted by molar-refractivity contribution is -0.120. The molecule has 0 unspecified atom stereocenters. The monoisotopic (exact) mass is 414 g/mol. The van der Waals surface area contributed by atoms with Crippen molar-refractivity contribution in [1.82, 2.24) is 10.3 Å². The summed E-state index contributed by atoms with van der Waals surface area (Å²) in [5.74, 6) is 0.0695. The number of nitriles is 2. The second kappa shape index (κ2) is 7.94. The molecule has 0 radical (unpaired) electrons. The lowest BCUT2D eigenvalue weighted by Gasteiger charge is -2.05. The zero-order valence-corrected chi connectivity index (χ0v) is 16.9. The van der Waals surface area contributed by atoms with Crippen LogP contribution >= 0.6 is 11.3 Å². The van der Waals surface area contributed by atoms with Crippen molar-refractivity contribution in [2.45, 2.75) is 24.8 Å². The number of hydrogen-bond donors (Lipinski definition) is 2. The summed E-state index contributed by atoms with van der Waals surface area (Å²) in [6.45, 7) is 0.121. The standard InChI is InChI=1S/C22H18N6OS/c23-11-14-1-3-15(4-2-14)16-5-6-18-17(9-16)27-21(30-18)10-20(29)26-12-19(25)28-22(13-24)7-8-22/h1-6,9H,7-8,10,12H2,(H2,25,28)(H,26,29). The Bertz CT molecular complexity index is 1230. The number of carbonyl (C=O) groups is 1. The minimum atomic E-state index is -0.672. The van der Waals surface area contributed by atoms with Crippen molar-refractivity contribution in [2.75, 3.05) is 6.54 Å². The number of benzene rings is 2. The number of hydrogen-bond acceptors (Lipinski definition) is 6. The average Bonchev–Trinajstić information content (AvgIpc) is 3.42. The molecule has 148 valence electrons. The van der Waals surface area contributed by atoms with Crippen LogP contribution in [-0.4, -0.2) is 28.8 Å². The number of aliphatic imine (C=N–C) groups is 1. The highest BCUT2D eigenvalue weighted by Crippen LogP contribution is 2.38. The fourth-order valence-electron chi connectivity index (χ4n) is 3.04. The number of nitrogens with zero attached hydrogens (tertiary/aromatic N) is 4. The molecule has 7 nitrogen and oxygen atoms in total. The Morgan fingerprint density at radius 3 is 2.60 bits per heavy atom. The van der Waals surface area contributed by atoms with Crippen LogP contribution in [0.2, 0.25) is 0 Å². The number of carbonyl (C=O) groups excluding carboxylic acids is 1. The first kappa shape index (κ1) is 19.6. The molecular weight excluding hydrogens is 396 g/mol. The van der Waals surface area contributed by atoms with Crippen molar-refractivity contribution in [3.05, 3.63) is 53.0 Å². The molecule has 3 N–H and O–H groups in total. The van der Waals surface area contributed by atoms with E-state index in [4.69, 9.17) is 16.3 Å². The molecule has 1 amide bonds. The molecular formula is C22H18N6OS. The highest BCUT2D eigenvalue weighted by molar-refractivity contribution is 7.18. The molecule has 1 fully saturated rings. The Labute approximate surface area is 177 Å². The summed E-state index contributed by atoms with van der Waals surface area (Å²) >= 11 is 1.47. The maximum Gasteiger partial charge on any atom is 0.227 e. The smallest absolute Gasteiger partial charge is 0.227 e. The van der Waals surface area contributed by atoms with Crippen LogP contribution in [0.4, 0.5) is 0 Å². The maximum atomic E-state index is 12.2. The van der Waals surface area contributed by atoms with Crippen LogP contribution in [0.15, 0.2) is 47.5 Å². The molecule has 0 saturated heterocycles. The van der Waals surface area contributed by atoms with E-state index in [1.807, 2.05) is 30.3 Å². The summed E-state index contributed by atoms with van der Waals surface area (Å²) in [7, 11) is 0. The number of aromatic nitrogens is 1. The Balaban J connectivity index is 1.41. The van der Waals surface area contributed by atoms with Gasteiger partial charge in [-0.1, -0.05) is 18.2 Å². The molecule has 1 aliphatic rings. The number of rotatable bonds is 6. The van der Waals surface area contributed by atoms with Gasteiger partial charge in [0, 0.05) is 0 Å². The van der Waals surface area contributed by atoms with E-state index in [9.17, 15) is 4.79 Å². The summed E-state index contributed by atoms with van der Waals surface area (Å²) in [6.07, 6.45) is 1.59. The van der Waals surface area contributed by atoms with Gasteiger partial charge in [0.2, 0.25) is 5.91 Å². The first-order valence-electron chi connectivity index (χ1n) is 9.42. The molecule has 0 atom stereocenters. The van der Waals surface area contributed by atoms with Gasteiger partial charge in [0.15, 0.2) is 0 Å². The number of amides is 1. The first-order valence-corrected chi connectivity index (χ1v) is 10.2. The molecule has 8 heteroatoms. The van der Waals surface area contributed by atoms with E-state index in [2.05, 4.69) is 27.4 Å². The molecule has 0 aliphatic heterocycles. The fourth-order valence-corrected chi connectivity index (χ4v) is 3.98. The largest absolute Gasteiger partial charge is 0.386 e. The summed E-state index contributed by atoms with van der Waals surface area (Å²) in [4.78, 5) is 21.0. The van der Waals surface area contributed by atoms with E-state index in [1.54, 1.807) is 12.1 Å². The minimum absolute atomic E-state index is 0.121. The number of thiazole rings is 1. The van der Waals surface area contributed by atoms with Crippen LogP contribution < -0.4 is 11.1 Å². The first-order chi connectivity index (χ1) is 14.5. The fraction of sp³-hybridized carbons (Fsp3) is 0.227. The van der Waals surface area contributed by atoms with Crippen molar-refractivity contribution in [3.8, 4) is 23.3 Å². The molecule has 0 spiro atoms. The molecule has 3 aromatic rings. The quantitative estimate of drug-likeness (QED) is 0.473. The third kappa shape index (κ3) is 4.29. The summed E-state index contributed by atoms with van der Waals surface area (Å²) in [5, 5.41) is 21.4. The van der Waals surface area contributed by atoms with Crippen LogP contribution in [-0.2, 0) is 11.2 Å². The summed E-state index contributed by atoms with van der Waals surface area (Å²) < 4.78 is 1.00. The molecule has 1 saturated carbocycles. The second-order valence-electron chi connectivity index (χ2n) is 7.18. The van der Waals surface area contributed by atoms with E-state index >= 15 is 0 Å². The van der Waals surface area contributed by atoms with Gasteiger partial charge in [-0.15, -0.1) is 11.3 Å². The molecule has 1 aromatic heterocycles. The summed E-state index contributed by atoms with van der Waals surface area (Å²) in [6, 6.07) is 17.6. The summed E-state index contributed by atoms with van der Waals surface area (Å²) in [5.41, 5.74) is 8.60. The molecule has 4 rings (SSSR count). The SMILES string of the molecule is N#Cc1ccc(-c2ccc3sc(CC(=O)NCC(N)=NC4(C#N)CC4)nc3c2)cc1. The number of amidine groups is 1. The third-order valence-corrected chi connectivity index (χ3v) is 5.88. The van der Waals surface area contributed by atoms with Crippen LogP contribution in [0.3, 0.4) is 0 Å². The lowest BCUT2D eigenvalue weighted by Crippen LogP contribution is -2.35. The van der Waals surface area contributed by atoms with Gasteiger partial charge in [-0.3, -0.25) is 4.79 Å². The van der Waals surface area contributed by atoms with Crippen LogP contribution in [0.5, 0.6) is 0 Å². The predicted molar refractivity (Wildman–Crippen MR) is 116 cm³/mol. The highest BCUT2D eigenvalue weighted by Gasteiger charge is 2.43. The Hall–Kier alpha value is -3.75. The lowest BCUT2D eigenvalue weighted by atomic mass is 10.0. The van der Waals surface area contributed by atoms with Gasteiger partial charge in [0.1, 0.15) is 16.4 Å². The van der Waals surface area contributed by atoms with E-state index in [1.165, 1.54) is 11.3 Å². The van der Waals surface area contributed by atoms with Crippen LogP contribution in [0.1, 0.15) is 23.4 Å². The number of nitrogens with two attached hydrogens (primary N) is 1. The molecule has 0 bridgehead atoms. The third-order valence-electron chi connectivity index (χ3n) is 4.85. The van der Waals surface area contributed by atoms with E-state index in [0.29, 0.717) is 23.4 Å². The number of nitrogens with one attached hydrogen (secondary N) is 1. The van der Waals surface area contributed by atoms with Crippen molar-refractivity contribution < 1.29 is 4.79 Å². The predicted octanol–water partition coefficient (Wildman–Crippen LogP) is 2.91. The van der Waals surface area contributed by atoms with Crippen molar-refractivity contribution in [3.63, 3.8) is 0 Å². The number of fused-ring (bicyclic) bond motifs is 1. The molecule has 1 heterocycles. The van der Waals surface area contributed by atoms with Gasteiger partial charge >= 0.3 is 0 Å². The van der Waals surface area contributed by atoms with Gasteiger partial charge in [-0.2, -0.15) is 10.5 Å². The van der Waals surface area contributed by atoms with E-state index in [-0.39, 0.29) is 24.7 Å². The van der Waals surface area contributed by atoms with Gasteiger partial charge < -0.3 is 11.1 Å². The van der Waals surface area contributed by atoms with Gasteiger partial charge in [-0.05, 0) is 48.2 Å². The Morgan fingerprint density at radius 1 is 1.20 bits per heavy atom. The van der Waals surface area contributed by atoms with Gasteiger partial charge in [0.25, 0.3) is 0 Å². The van der Waals surface area contributed by atoms with Gasteiger partial charge in [-0.25, -0.2) is 9.98 Å². The minimum Gasteiger partial charge on any atom is -0.386 e. The second-order valence-corrected chi connectivity index (χ2v) is 8.29. The topological polar surface area (TPSA) is 128 Å². The van der Waals surface area contributed by atoms with Gasteiger partial charge in [0.05, 0.1) is 40.9 Å². The van der Waals surface area contributed by atoms with E-state index in [0.717, 1.165) is 21.3 Å². The van der Waals surface area contributed by atoms with Crippen molar-refractivity contribution >= 4 is 33.3 Å². The molecule has 1 aliphatic carbocycles. The zero-order valence-electron chi connectivity index (χ0n) is 16.1. The average molecular weight is 414 g/mol. The molecule has 2 aromatic carbocycles. The normalized spacial score (nSPS) is 14.7. The van der Waals surface area contributed by atoms with Crippen LogP contribution in [0.25, 0.3) is 21.3 Å². The highest BCUT2D eigenvalue weighted by atomic mass is 32.1. The Morgan fingerprint density at radius 2 is 1.93 bits per heavy atom. The van der Waals surface area contributed by atoms with Crippen LogP contribution in [0, 0.1) is 22.7 Å². The molecule has 30 heavy (non-hydrogen) atoms. The maximum absolute atomic E-state index is 12.2.